The summed E-state index contributed by atoms with van der Waals surface area (Å²) in [4.78, 5) is 12.5. The molecule has 3 unspecified atom stereocenters. The van der Waals surface area contributed by atoms with E-state index in [0.29, 0.717) is 17.4 Å². The zero-order chi connectivity index (χ0) is 20.6. The van der Waals surface area contributed by atoms with Crippen LogP contribution in [0.25, 0.3) is 0 Å². The molecule has 3 nitrogen and oxygen atoms in total. The van der Waals surface area contributed by atoms with Gasteiger partial charge in [0.2, 0.25) is 0 Å². The Morgan fingerprint density at radius 3 is 2.52 bits per heavy atom. The topological polar surface area (TPSA) is 35.5 Å². The van der Waals surface area contributed by atoms with Crippen LogP contribution in [0.15, 0.2) is 61.2 Å². The molecule has 0 radical (unpaired) electrons. The third-order valence-corrected chi connectivity index (χ3v) is 7.07. The van der Waals surface area contributed by atoms with Crippen LogP contribution in [0.2, 0.25) is 0 Å². The highest BCUT2D eigenvalue weighted by Crippen LogP contribution is 2.54. The van der Waals surface area contributed by atoms with Crippen LogP contribution in [0.4, 0.5) is 13.2 Å². The van der Waals surface area contributed by atoms with Crippen molar-refractivity contribution in [2.45, 2.75) is 41.5 Å². The quantitative estimate of drug-likeness (QED) is 0.343. The van der Waals surface area contributed by atoms with Gasteiger partial charge >= 0.3 is 12.1 Å². The molecule has 4 rings (SSSR count). The number of alkyl halides is 3. The van der Waals surface area contributed by atoms with Gasteiger partial charge in [-0.15, -0.1) is 0 Å². The maximum atomic E-state index is 13.6. The highest BCUT2D eigenvalue weighted by Gasteiger charge is 2.53. The van der Waals surface area contributed by atoms with Crippen molar-refractivity contribution in [3.8, 4) is 11.5 Å². The first kappa shape index (κ1) is 19.9. The lowest BCUT2D eigenvalue weighted by Crippen LogP contribution is -2.43. The SMILES string of the molecule is C=CC1(Oc2cc(C(=O)Oc3ccccc3)ccc2C(F)(F)F)CC2CCC1S2. The van der Waals surface area contributed by atoms with Gasteiger partial charge in [-0.05, 0) is 49.2 Å². The van der Waals surface area contributed by atoms with Gasteiger partial charge in [0.05, 0.1) is 11.1 Å². The van der Waals surface area contributed by atoms with Crippen molar-refractivity contribution < 1.29 is 27.4 Å². The Balaban J connectivity index is 1.66. The number of carbonyl (C=O) groups excluding carboxylic acids is 1. The summed E-state index contributed by atoms with van der Waals surface area (Å²) in [5, 5.41) is 0.421. The third kappa shape index (κ3) is 3.88. The first-order chi connectivity index (χ1) is 13.8. The Bertz CT molecular complexity index is 929. The summed E-state index contributed by atoms with van der Waals surface area (Å²) in [6.45, 7) is 3.82. The van der Waals surface area contributed by atoms with Gasteiger partial charge in [-0.2, -0.15) is 24.9 Å². The molecule has 0 aliphatic carbocycles. The Hall–Kier alpha value is -2.41. The van der Waals surface area contributed by atoms with Gasteiger partial charge in [-0.1, -0.05) is 24.8 Å². The number of rotatable bonds is 5. The van der Waals surface area contributed by atoms with Gasteiger partial charge in [-0.25, -0.2) is 4.79 Å². The fourth-order valence-electron chi connectivity index (χ4n) is 3.89. The smallest absolute Gasteiger partial charge is 0.419 e. The number of carbonyl (C=O) groups is 1. The van der Waals surface area contributed by atoms with E-state index in [0.717, 1.165) is 31.0 Å². The Labute approximate surface area is 170 Å². The Kier molecular flexibility index (Phi) is 5.11. The van der Waals surface area contributed by atoms with Crippen LogP contribution in [0.3, 0.4) is 0 Å². The maximum absolute atomic E-state index is 13.6. The Morgan fingerprint density at radius 2 is 1.93 bits per heavy atom. The lowest BCUT2D eigenvalue weighted by Gasteiger charge is -2.35. The number of thioether (sulfide) groups is 1. The number of para-hydroxylation sites is 1. The number of ether oxygens (including phenoxy) is 2. The largest absolute Gasteiger partial charge is 0.481 e. The normalized spacial score (nSPS) is 25.6. The molecule has 2 aliphatic rings. The molecule has 2 heterocycles. The second-order valence-electron chi connectivity index (χ2n) is 7.20. The summed E-state index contributed by atoms with van der Waals surface area (Å²) in [7, 11) is 0. The summed E-state index contributed by atoms with van der Waals surface area (Å²) in [5.41, 5.74) is -1.79. The van der Waals surface area contributed by atoms with Crippen molar-refractivity contribution in [2.75, 3.05) is 0 Å². The molecular formula is C22H19F3O3S. The zero-order valence-corrected chi connectivity index (χ0v) is 16.3. The molecule has 7 heteroatoms. The number of hydrogen-bond acceptors (Lipinski definition) is 4. The van der Waals surface area contributed by atoms with E-state index < -0.39 is 23.3 Å². The van der Waals surface area contributed by atoms with Crippen LogP contribution in [-0.2, 0) is 6.18 Å². The number of hydrogen-bond donors (Lipinski definition) is 0. The zero-order valence-electron chi connectivity index (χ0n) is 15.4. The van der Waals surface area contributed by atoms with E-state index in [4.69, 9.17) is 9.47 Å². The summed E-state index contributed by atoms with van der Waals surface area (Å²) < 4.78 is 52.0. The predicted molar refractivity (Wildman–Crippen MR) is 105 cm³/mol. The third-order valence-electron chi connectivity index (χ3n) is 5.32. The molecule has 0 saturated carbocycles. The molecule has 152 valence electrons. The van der Waals surface area contributed by atoms with Crippen LogP contribution in [-0.4, -0.2) is 22.1 Å². The van der Waals surface area contributed by atoms with E-state index in [1.165, 1.54) is 0 Å². The van der Waals surface area contributed by atoms with Gasteiger partial charge in [-0.3, -0.25) is 0 Å². The minimum absolute atomic E-state index is 0.00752. The van der Waals surface area contributed by atoms with Crippen molar-refractivity contribution in [3.63, 3.8) is 0 Å². The molecule has 2 saturated heterocycles. The van der Waals surface area contributed by atoms with E-state index in [9.17, 15) is 18.0 Å². The fourth-order valence-corrected chi connectivity index (χ4v) is 5.73. The predicted octanol–water partition coefficient (Wildman–Crippen LogP) is 5.90. The monoisotopic (exact) mass is 420 g/mol. The molecule has 2 aromatic rings. The van der Waals surface area contributed by atoms with Crippen molar-refractivity contribution in [2.24, 2.45) is 0 Å². The highest BCUT2D eigenvalue weighted by molar-refractivity contribution is 8.01. The molecule has 3 atom stereocenters. The number of halogens is 3. The average Bonchev–Trinajstić information content (AvgIpc) is 3.29. The molecule has 2 bridgehead atoms. The molecule has 29 heavy (non-hydrogen) atoms. The second kappa shape index (κ2) is 7.44. The van der Waals surface area contributed by atoms with E-state index in [-0.39, 0.29) is 16.6 Å². The maximum Gasteiger partial charge on any atom is 0.419 e. The minimum Gasteiger partial charge on any atom is -0.481 e. The van der Waals surface area contributed by atoms with Crippen LogP contribution in [0.1, 0.15) is 35.2 Å². The van der Waals surface area contributed by atoms with Crippen LogP contribution < -0.4 is 9.47 Å². The molecule has 0 N–H and O–H groups in total. The van der Waals surface area contributed by atoms with Gasteiger partial charge in [0.25, 0.3) is 0 Å². The summed E-state index contributed by atoms with van der Waals surface area (Å²) in [6.07, 6.45) is -0.479. The van der Waals surface area contributed by atoms with Gasteiger partial charge in [0.15, 0.2) is 0 Å². The van der Waals surface area contributed by atoms with E-state index in [1.807, 2.05) is 0 Å². The summed E-state index contributed by atoms with van der Waals surface area (Å²) in [6, 6.07) is 11.5. The molecule has 2 aromatic carbocycles. The van der Waals surface area contributed by atoms with E-state index in [2.05, 4.69) is 6.58 Å². The molecule has 2 fully saturated rings. The van der Waals surface area contributed by atoms with Crippen molar-refractivity contribution in [1.82, 2.24) is 0 Å². The van der Waals surface area contributed by atoms with E-state index >= 15 is 0 Å². The highest BCUT2D eigenvalue weighted by atomic mass is 32.2. The number of benzene rings is 2. The van der Waals surface area contributed by atoms with Crippen LogP contribution in [0, 0.1) is 0 Å². The molecule has 0 aromatic heterocycles. The molecule has 0 spiro atoms. The first-order valence-electron chi connectivity index (χ1n) is 9.27. The average molecular weight is 420 g/mol. The van der Waals surface area contributed by atoms with Gasteiger partial charge in [0, 0.05) is 16.9 Å². The van der Waals surface area contributed by atoms with Gasteiger partial charge in [0.1, 0.15) is 17.1 Å². The van der Waals surface area contributed by atoms with Gasteiger partial charge < -0.3 is 9.47 Å². The van der Waals surface area contributed by atoms with E-state index in [1.54, 1.807) is 48.2 Å². The van der Waals surface area contributed by atoms with Crippen molar-refractivity contribution in [3.05, 3.63) is 72.3 Å². The standard InChI is InChI=1S/C22H19F3O3S/c1-2-21(13-16-9-11-19(21)29-16)28-18-12-14(8-10-17(18)22(23,24)25)20(26)27-15-6-4-3-5-7-15/h2-8,10,12,16,19H,1,9,11,13H2. The lowest BCUT2D eigenvalue weighted by molar-refractivity contribution is -0.139. The minimum atomic E-state index is -4.61. The Morgan fingerprint density at radius 1 is 1.17 bits per heavy atom. The fraction of sp³-hybridized carbons (Fsp3) is 0.318. The lowest BCUT2D eigenvalue weighted by atomic mass is 9.84. The summed E-state index contributed by atoms with van der Waals surface area (Å²) >= 11 is 1.74. The number of esters is 1. The van der Waals surface area contributed by atoms with Crippen LogP contribution >= 0.6 is 11.8 Å². The van der Waals surface area contributed by atoms with Crippen molar-refractivity contribution >= 4 is 17.7 Å². The number of fused-ring (bicyclic) bond motifs is 2. The molecular weight excluding hydrogens is 401 g/mol. The first-order valence-corrected chi connectivity index (χ1v) is 10.2. The molecule has 2 aliphatic heterocycles. The second-order valence-corrected chi connectivity index (χ2v) is 8.71. The molecule has 0 amide bonds. The summed E-state index contributed by atoms with van der Waals surface area (Å²) in [5.74, 6) is -0.801. The van der Waals surface area contributed by atoms with Crippen molar-refractivity contribution in [1.29, 1.82) is 0 Å². The van der Waals surface area contributed by atoms with Crippen LogP contribution in [0.5, 0.6) is 11.5 Å².